The standard InChI is InChI=1S/C14H20N2O3S/c1-20(18,19)15-13-9-5-4-8-12(13)14(17)16-10-6-2-3-7-11-16/h4-5,8-9,15H,2-3,6-7,10-11H2,1H3. The second kappa shape index (κ2) is 6.26. The lowest BCUT2D eigenvalue weighted by Crippen LogP contribution is -2.32. The molecule has 0 saturated carbocycles. The maximum Gasteiger partial charge on any atom is 0.255 e. The van der Waals surface area contributed by atoms with Crippen LogP contribution in [0.15, 0.2) is 24.3 Å². The Kier molecular flexibility index (Phi) is 4.65. The van der Waals surface area contributed by atoms with Gasteiger partial charge in [-0.1, -0.05) is 25.0 Å². The minimum absolute atomic E-state index is 0.0985. The van der Waals surface area contributed by atoms with Gasteiger partial charge in [-0.2, -0.15) is 0 Å². The SMILES string of the molecule is CS(=O)(=O)Nc1ccccc1C(=O)N1CCCCCC1. The van der Waals surface area contributed by atoms with Crippen LogP contribution < -0.4 is 4.72 Å². The molecular formula is C14H20N2O3S. The molecule has 0 radical (unpaired) electrons. The van der Waals surface area contributed by atoms with Crippen LogP contribution in [0.2, 0.25) is 0 Å². The van der Waals surface area contributed by atoms with Gasteiger partial charge in [0.1, 0.15) is 0 Å². The second-order valence-corrected chi connectivity index (χ2v) is 6.87. The van der Waals surface area contributed by atoms with E-state index in [4.69, 9.17) is 0 Å². The van der Waals surface area contributed by atoms with Crippen LogP contribution in [0.3, 0.4) is 0 Å². The third kappa shape index (κ3) is 3.96. The third-order valence-corrected chi connectivity index (χ3v) is 3.94. The predicted molar refractivity (Wildman–Crippen MR) is 79.3 cm³/mol. The molecule has 110 valence electrons. The first-order valence-electron chi connectivity index (χ1n) is 6.83. The summed E-state index contributed by atoms with van der Waals surface area (Å²) in [6.07, 6.45) is 5.39. The molecule has 1 heterocycles. The number of carbonyl (C=O) groups excluding carboxylic acids is 1. The number of carbonyl (C=O) groups is 1. The number of rotatable bonds is 3. The number of nitrogens with zero attached hydrogens (tertiary/aromatic N) is 1. The number of anilines is 1. The van der Waals surface area contributed by atoms with E-state index in [1.54, 1.807) is 24.3 Å². The average molecular weight is 296 g/mol. The molecule has 1 N–H and O–H groups in total. The van der Waals surface area contributed by atoms with E-state index in [2.05, 4.69) is 4.72 Å². The molecule has 1 aliphatic rings. The molecule has 1 aliphatic heterocycles. The van der Waals surface area contributed by atoms with Crippen LogP contribution in [0, 0.1) is 0 Å². The molecule has 0 bridgehead atoms. The van der Waals surface area contributed by atoms with Crippen LogP contribution in [0.5, 0.6) is 0 Å². The Bertz CT molecular complexity index is 576. The molecule has 0 atom stereocenters. The molecule has 0 unspecified atom stereocenters. The Labute approximate surface area is 120 Å². The molecule has 20 heavy (non-hydrogen) atoms. The number of benzene rings is 1. The van der Waals surface area contributed by atoms with E-state index in [-0.39, 0.29) is 5.91 Å². The first-order chi connectivity index (χ1) is 9.47. The summed E-state index contributed by atoms with van der Waals surface area (Å²) in [4.78, 5) is 14.4. The van der Waals surface area contributed by atoms with Gasteiger partial charge >= 0.3 is 0 Å². The van der Waals surface area contributed by atoms with Crippen LogP contribution in [0.4, 0.5) is 5.69 Å². The van der Waals surface area contributed by atoms with E-state index in [0.29, 0.717) is 11.3 Å². The number of nitrogens with one attached hydrogen (secondary N) is 1. The normalized spacial score (nSPS) is 16.6. The van der Waals surface area contributed by atoms with Crippen molar-refractivity contribution in [2.75, 3.05) is 24.1 Å². The van der Waals surface area contributed by atoms with Crippen molar-refractivity contribution >= 4 is 21.6 Å². The smallest absolute Gasteiger partial charge is 0.255 e. The first kappa shape index (κ1) is 14.8. The highest BCUT2D eigenvalue weighted by atomic mass is 32.2. The van der Waals surface area contributed by atoms with Gasteiger partial charge in [-0.05, 0) is 25.0 Å². The van der Waals surface area contributed by atoms with Crippen molar-refractivity contribution in [1.82, 2.24) is 4.90 Å². The fourth-order valence-corrected chi connectivity index (χ4v) is 2.98. The molecule has 1 fully saturated rings. The highest BCUT2D eigenvalue weighted by Crippen LogP contribution is 2.20. The average Bonchev–Trinajstić information content (AvgIpc) is 2.65. The molecular weight excluding hydrogens is 276 g/mol. The summed E-state index contributed by atoms with van der Waals surface area (Å²) in [6.45, 7) is 1.48. The molecule has 1 saturated heterocycles. The molecule has 0 aromatic heterocycles. The molecule has 0 aliphatic carbocycles. The van der Waals surface area contributed by atoms with E-state index < -0.39 is 10.0 Å². The second-order valence-electron chi connectivity index (χ2n) is 5.13. The lowest BCUT2D eigenvalue weighted by molar-refractivity contribution is 0.0762. The predicted octanol–water partition coefficient (Wildman–Crippen LogP) is 2.07. The highest BCUT2D eigenvalue weighted by molar-refractivity contribution is 7.92. The van der Waals surface area contributed by atoms with E-state index in [9.17, 15) is 13.2 Å². The summed E-state index contributed by atoms with van der Waals surface area (Å²) in [5, 5.41) is 0. The van der Waals surface area contributed by atoms with Crippen molar-refractivity contribution in [1.29, 1.82) is 0 Å². The van der Waals surface area contributed by atoms with Crippen LogP contribution in [-0.2, 0) is 10.0 Å². The van der Waals surface area contributed by atoms with Gasteiger partial charge in [-0.3, -0.25) is 9.52 Å². The first-order valence-corrected chi connectivity index (χ1v) is 8.72. The Hall–Kier alpha value is -1.56. The Morgan fingerprint density at radius 1 is 1.10 bits per heavy atom. The number of para-hydroxylation sites is 1. The zero-order valence-electron chi connectivity index (χ0n) is 11.6. The number of amides is 1. The van der Waals surface area contributed by atoms with E-state index in [1.807, 2.05) is 4.90 Å². The lowest BCUT2D eigenvalue weighted by atomic mass is 10.1. The Morgan fingerprint density at radius 2 is 1.70 bits per heavy atom. The third-order valence-electron chi connectivity index (χ3n) is 3.35. The highest BCUT2D eigenvalue weighted by Gasteiger charge is 2.20. The minimum Gasteiger partial charge on any atom is -0.339 e. The van der Waals surface area contributed by atoms with Crippen LogP contribution in [0.1, 0.15) is 36.0 Å². The van der Waals surface area contributed by atoms with Gasteiger partial charge in [0.15, 0.2) is 0 Å². The fourth-order valence-electron chi connectivity index (χ4n) is 2.40. The fraction of sp³-hybridized carbons (Fsp3) is 0.500. The van der Waals surface area contributed by atoms with E-state index >= 15 is 0 Å². The largest absolute Gasteiger partial charge is 0.339 e. The number of hydrogen-bond donors (Lipinski definition) is 1. The minimum atomic E-state index is -3.39. The number of likely N-dealkylation sites (tertiary alicyclic amines) is 1. The van der Waals surface area contributed by atoms with E-state index in [0.717, 1.165) is 45.0 Å². The lowest BCUT2D eigenvalue weighted by Gasteiger charge is -2.21. The van der Waals surface area contributed by atoms with Crippen molar-refractivity contribution in [3.63, 3.8) is 0 Å². The van der Waals surface area contributed by atoms with Crippen molar-refractivity contribution in [3.8, 4) is 0 Å². The summed E-state index contributed by atoms with van der Waals surface area (Å²) in [7, 11) is -3.39. The number of sulfonamides is 1. The van der Waals surface area contributed by atoms with Gasteiger partial charge in [-0.25, -0.2) is 8.42 Å². The van der Waals surface area contributed by atoms with Crippen molar-refractivity contribution in [2.45, 2.75) is 25.7 Å². The summed E-state index contributed by atoms with van der Waals surface area (Å²) in [6, 6.07) is 6.75. The monoisotopic (exact) mass is 296 g/mol. The zero-order valence-corrected chi connectivity index (χ0v) is 12.4. The van der Waals surface area contributed by atoms with Gasteiger partial charge in [0.2, 0.25) is 10.0 Å². The van der Waals surface area contributed by atoms with Gasteiger partial charge in [0, 0.05) is 13.1 Å². The molecule has 1 amide bonds. The summed E-state index contributed by atoms with van der Waals surface area (Å²) in [5.74, 6) is -0.0985. The van der Waals surface area contributed by atoms with Crippen molar-refractivity contribution in [3.05, 3.63) is 29.8 Å². The summed E-state index contributed by atoms with van der Waals surface area (Å²) in [5.41, 5.74) is 0.768. The zero-order chi connectivity index (χ0) is 14.6. The maximum atomic E-state index is 12.6. The molecule has 2 rings (SSSR count). The molecule has 0 spiro atoms. The van der Waals surface area contributed by atoms with Crippen molar-refractivity contribution < 1.29 is 13.2 Å². The summed E-state index contributed by atoms with van der Waals surface area (Å²) >= 11 is 0. The Balaban J connectivity index is 2.24. The maximum absolute atomic E-state index is 12.6. The van der Waals surface area contributed by atoms with Crippen molar-refractivity contribution in [2.24, 2.45) is 0 Å². The number of hydrogen-bond acceptors (Lipinski definition) is 3. The van der Waals surface area contributed by atoms with Gasteiger partial charge < -0.3 is 4.90 Å². The molecule has 1 aromatic rings. The van der Waals surface area contributed by atoms with Gasteiger partial charge in [-0.15, -0.1) is 0 Å². The molecule has 6 heteroatoms. The topological polar surface area (TPSA) is 66.5 Å². The quantitative estimate of drug-likeness (QED) is 0.928. The van der Waals surface area contributed by atoms with Crippen LogP contribution >= 0.6 is 0 Å². The van der Waals surface area contributed by atoms with Crippen LogP contribution in [0.25, 0.3) is 0 Å². The Morgan fingerprint density at radius 3 is 2.30 bits per heavy atom. The molecule has 5 nitrogen and oxygen atoms in total. The molecule has 1 aromatic carbocycles. The van der Waals surface area contributed by atoms with Crippen LogP contribution in [-0.4, -0.2) is 38.6 Å². The summed E-state index contributed by atoms with van der Waals surface area (Å²) < 4.78 is 25.2. The van der Waals surface area contributed by atoms with E-state index in [1.165, 1.54) is 0 Å². The van der Waals surface area contributed by atoms with Gasteiger partial charge in [0.25, 0.3) is 5.91 Å². The van der Waals surface area contributed by atoms with Gasteiger partial charge in [0.05, 0.1) is 17.5 Å².